The van der Waals surface area contributed by atoms with E-state index in [2.05, 4.69) is 31.2 Å². The molecule has 13 heavy (non-hydrogen) atoms. The summed E-state index contributed by atoms with van der Waals surface area (Å²) in [5, 5.41) is 9.38. The molecular weight excluding hydrogens is 160 g/mol. The first-order valence-corrected chi connectivity index (χ1v) is 4.93. The summed E-state index contributed by atoms with van der Waals surface area (Å²) in [5.74, 6) is 1.11. The van der Waals surface area contributed by atoms with E-state index in [0.29, 0.717) is 11.8 Å². The van der Waals surface area contributed by atoms with Crippen molar-refractivity contribution in [2.75, 3.05) is 0 Å². The van der Waals surface area contributed by atoms with Crippen molar-refractivity contribution in [1.29, 1.82) is 0 Å². The predicted octanol–water partition coefficient (Wildman–Crippen LogP) is 2.48. The number of aliphatic hydroxyl groups excluding tert-OH is 1. The fourth-order valence-corrected chi connectivity index (χ4v) is 1.94. The second-order valence-electron chi connectivity index (χ2n) is 4.16. The molecule has 1 nitrogen and oxygen atoms in total. The van der Waals surface area contributed by atoms with Crippen molar-refractivity contribution in [3.05, 3.63) is 35.4 Å². The Morgan fingerprint density at radius 2 is 1.92 bits per heavy atom. The summed E-state index contributed by atoms with van der Waals surface area (Å²) in [5.41, 5.74) is 2.69. The maximum Gasteiger partial charge on any atom is 0.0546 e. The highest BCUT2D eigenvalue weighted by Crippen LogP contribution is 2.49. The maximum atomic E-state index is 9.38. The van der Waals surface area contributed by atoms with Crippen LogP contribution in [0.4, 0.5) is 0 Å². The van der Waals surface area contributed by atoms with Crippen LogP contribution in [-0.4, -0.2) is 11.2 Å². The molecule has 0 unspecified atom stereocenters. The van der Waals surface area contributed by atoms with Crippen molar-refractivity contribution < 1.29 is 5.11 Å². The average Bonchev–Trinajstić information content (AvgIpc) is 2.85. The number of aryl methyl sites for hydroxylation is 1. The van der Waals surface area contributed by atoms with Gasteiger partial charge < -0.3 is 5.11 Å². The summed E-state index contributed by atoms with van der Waals surface area (Å²) in [4.78, 5) is 0. The minimum Gasteiger partial charge on any atom is -0.393 e. The summed E-state index contributed by atoms with van der Waals surface area (Å²) >= 11 is 0. The van der Waals surface area contributed by atoms with Gasteiger partial charge in [-0.15, -0.1) is 0 Å². The van der Waals surface area contributed by atoms with Crippen LogP contribution < -0.4 is 0 Å². The zero-order valence-corrected chi connectivity index (χ0v) is 8.20. The lowest BCUT2D eigenvalue weighted by Crippen LogP contribution is -2.03. The molecule has 3 atom stereocenters. The third kappa shape index (κ3) is 1.75. The van der Waals surface area contributed by atoms with E-state index in [4.69, 9.17) is 0 Å². The molecule has 1 heteroatoms. The number of hydrogen-bond acceptors (Lipinski definition) is 1. The van der Waals surface area contributed by atoms with E-state index >= 15 is 0 Å². The Hall–Kier alpha value is -0.820. The van der Waals surface area contributed by atoms with Crippen LogP contribution in [0, 0.1) is 12.8 Å². The zero-order chi connectivity index (χ0) is 9.42. The molecule has 0 aromatic heterocycles. The normalized spacial score (nSPS) is 28.5. The first kappa shape index (κ1) is 8.76. The van der Waals surface area contributed by atoms with E-state index in [1.165, 1.54) is 11.1 Å². The Balaban J connectivity index is 2.08. The van der Waals surface area contributed by atoms with Gasteiger partial charge in [0.15, 0.2) is 0 Å². The molecule has 0 amide bonds. The van der Waals surface area contributed by atoms with Gasteiger partial charge in [0.25, 0.3) is 0 Å². The fourth-order valence-electron chi connectivity index (χ4n) is 1.94. The van der Waals surface area contributed by atoms with Crippen molar-refractivity contribution in [2.24, 2.45) is 5.92 Å². The smallest absolute Gasteiger partial charge is 0.0546 e. The fraction of sp³-hybridized carbons (Fsp3) is 0.500. The van der Waals surface area contributed by atoms with Crippen LogP contribution in [0.3, 0.4) is 0 Å². The lowest BCUT2D eigenvalue weighted by molar-refractivity contribution is 0.169. The monoisotopic (exact) mass is 176 g/mol. The minimum absolute atomic E-state index is 0.147. The second-order valence-corrected chi connectivity index (χ2v) is 4.16. The van der Waals surface area contributed by atoms with Gasteiger partial charge in [0, 0.05) is 0 Å². The molecule has 1 aromatic carbocycles. The van der Waals surface area contributed by atoms with Crippen LogP contribution in [-0.2, 0) is 0 Å². The van der Waals surface area contributed by atoms with Gasteiger partial charge in [-0.25, -0.2) is 0 Å². The molecule has 1 aliphatic rings. The van der Waals surface area contributed by atoms with Gasteiger partial charge in [0.1, 0.15) is 0 Å². The Kier molecular flexibility index (Phi) is 2.12. The lowest BCUT2D eigenvalue weighted by Gasteiger charge is -2.03. The van der Waals surface area contributed by atoms with Crippen molar-refractivity contribution in [3.8, 4) is 0 Å². The van der Waals surface area contributed by atoms with Crippen LogP contribution in [0.1, 0.15) is 30.4 Å². The summed E-state index contributed by atoms with van der Waals surface area (Å²) < 4.78 is 0. The van der Waals surface area contributed by atoms with Crippen LogP contribution in [0.2, 0.25) is 0 Å². The molecule has 0 aliphatic heterocycles. The van der Waals surface area contributed by atoms with Crippen molar-refractivity contribution in [3.63, 3.8) is 0 Å². The molecule has 1 saturated carbocycles. The molecule has 1 aromatic rings. The highest BCUT2D eigenvalue weighted by molar-refractivity contribution is 5.29. The van der Waals surface area contributed by atoms with Gasteiger partial charge in [-0.3, -0.25) is 0 Å². The van der Waals surface area contributed by atoms with Crippen molar-refractivity contribution >= 4 is 0 Å². The number of benzene rings is 1. The Labute approximate surface area is 79.4 Å². The molecular formula is C12H16O. The molecule has 0 heterocycles. The zero-order valence-electron chi connectivity index (χ0n) is 8.20. The first-order chi connectivity index (χ1) is 6.18. The molecule has 1 aliphatic carbocycles. The van der Waals surface area contributed by atoms with Crippen LogP contribution in [0.15, 0.2) is 24.3 Å². The van der Waals surface area contributed by atoms with Crippen LogP contribution >= 0.6 is 0 Å². The predicted molar refractivity (Wildman–Crippen MR) is 53.7 cm³/mol. The van der Waals surface area contributed by atoms with Gasteiger partial charge in [-0.1, -0.05) is 29.8 Å². The van der Waals surface area contributed by atoms with E-state index in [1.807, 2.05) is 6.92 Å². The Bertz CT molecular complexity index is 286. The average molecular weight is 176 g/mol. The van der Waals surface area contributed by atoms with Gasteiger partial charge in [0.2, 0.25) is 0 Å². The molecule has 0 spiro atoms. The second kappa shape index (κ2) is 3.15. The molecule has 1 fully saturated rings. The third-order valence-corrected chi connectivity index (χ3v) is 2.96. The summed E-state index contributed by atoms with van der Waals surface area (Å²) in [6.45, 7) is 3.99. The quantitative estimate of drug-likeness (QED) is 0.734. The van der Waals surface area contributed by atoms with Gasteiger partial charge in [-0.05, 0) is 37.7 Å². The van der Waals surface area contributed by atoms with Crippen molar-refractivity contribution in [1.82, 2.24) is 0 Å². The van der Waals surface area contributed by atoms with E-state index in [9.17, 15) is 5.11 Å². The first-order valence-electron chi connectivity index (χ1n) is 4.93. The summed E-state index contributed by atoms with van der Waals surface area (Å²) in [6, 6.07) is 8.66. The molecule has 70 valence electrons. The third-order valence-electron chi connectivity index (χ3n) is 2.96. The molecule has 0 radical (unpaired) electrons. The van der Waals surface area contributed by atoms with E-state index in [-0.39, 0.29) is 6.10 Å². The topological polar surface area (TPSA) is 20.2 Å². The van der Waals surface area contributed by atoms with Crippen LogP contribution in [0.5, 0.6) is 0 Å². The summed E-state index contributed by atoms with van der Waals surface area (Å²) in [7, 11) is 0. The minimum atomic E-state index is -0.147. The molecule has 0 bridgehead atoms. The standard InChI is InChI=1S/C12H16O/c1-8-3-5-10(6-4-8)12-7-11(12)9(2)13/h3-6,9,11-13H,7H2,1-2H3/t9-,11+,12-/m0/s1. The lowest BCUT2D eigenvalue weighted by atomic mass is 10.1. The highest BCUT2D eigenvalue weighted by atomic mass is 16.3. The Morgan fingerprint density at radius 1 is 1.31 bits per heavy atom. The molecule has 1 N–H and O–H groups in total. The summed E-state index contributed by atoms with van der Waals surface area (Å²) in [6.07, 6.45) is 1.01. The number of aliphatic hydroxyl groups is 1. The number of hydrogen-bond donors (Lipinski definition) is 1. The van der Waals surface area contributed by atoms with Crippen molar-refractivity contribution in [2.45, 2.75) is 32.3 Å². The number of rotatable bonds is 2. The van der Waals surface area contributed by atoms with Gasteiger partial charge in [-0.2, -0.15) is 0 Å². The van der Waals surface area contributed by atoms with Gasteiger partial charge >= 0.3 is 0 Å². The van der Waals surface area contributed by atoms with Gasteiger partial charge in [0.05, 0.1) is 6.10 Å². The maximum absolute atomic E-state index is 9.38. The van der Waals surface area contributed by atoms with Crippen LogP contribution in [0.25, 0.3) is 0 Å². The Morgan fingerprint density at radius 3 is 2.38 bits per heavy atom. The molecule has 2 rings (SSSR count). The van der Waals surface area contributed by atoms with E-state index in [1.54, 1.807) is 0 Å². The van der Waals surface area contributed by atoms with E-state index in [0.717, 1.165) is 6.42 Å². The van der Waals surface area contributed by atoms with E-state index < -0.39 is 0 Å². The largest absolute Gasteiger partial charge is 0.393 e. The SMILES string of the molecule is Cc1ccc([C@@H]2C[C@@H]2[C@H](C)O)cc1. The highest BCUT2D eigenvalue weighted by Gasteiger charge is 2.41. The molecule has 0 saturated heterocycles.